The molecular formula is C22H36IN5O. The summed E-state index contributed by atoms with van der Waals surface area (Å²) in [5.74, 6) is 1.51. The van der Waals surface area contributed by atoms with Crippen LogP contribution in [0.15, 0.2) is 41.4 Å². The molecule has 0 spiro atoms. The number of aliphatic imine (C=N–C) groups is 1. The topological polar surface area (TPSA) is 52.1 Å². The van der Waals surface area contributed by atoms with E-state index in [-0.39, 0.29) is 30.1 Å². The molecule has 2 aliphatic rings. The van der Waals surface area contributed by atoms with Crippen molar-refractivity contribution in [2.24, 2.45) is 10.9 Å². The summed E-state index contributed by atoms with van der Waals surface area (Å²) in [7, 11) is 1.81. The minimum Gasteiger partial charge on any atom is -0.374 e. The van der Waals surface area contributed by atoms with Crippen molar-refractivity contribution in [3.8, 4) is 0 Å². The third-order valence-corrected chi connectivity index (χ3v) is 5.15. The van der Waals surface area contributed by atoms with Gasteiger partial charge in [0.15, 0.2) is 5.96 Å². The molecule has 7 heteroatoms. The van der Waals surface area contributed by atoms with Crippen LogP contribution in [-0.4, -0.2) is 69.9 Å². The van der Waals surface area contributed by atoms with Crippen molar-refractivity contribution in [3.05, 3.63) is 42.0 Å². The number of nitrogens with one attached hydrogen (secondary N) is 2. The Morgan fingerprint density at radius 2 is 1.90 bits per heavy atom. The van der Waals surface area contributed by atoms with Gasteiger partial charge in [-0.3, -0.25) is 9.89 Å². The Bertz CT molecular complexity index is 654. The fraction of sp³-hybridized carbons (Fsp3) is 0.591. The Morgan fingerprint density at radius 3 is 2.55 bits per heavy atom. The second-order valence-corrected chi connectivity index (χ2v) is 8.00. The van der Waals surface area contributed by atoms with Crippen LogP contribution in [0.3, 0.4) is 0 Å². The van der Waals surface area contributed by atoms with Crippen molar-refractivity contribution >= 4 is 35.6 Å². The van der Waals surface area contributed by atoms with E-state index in [0.29, 0.717) is 5.92 Å². The standard InChI is InChI=1S/C22H35N5O.HI/c1-18(2)16-26-12-13-28-21(17-26)15-25-22(23-3)24-14-19-6-8-20(9-7-19)27-10-4-5-11-27;/h4-9,18,21H,10-17H2,1-3H3,(H2,23,24,25);1H. The molecule has 1 fully saturated rings. The number of hydrogen-bond acceptors (Lipinski definition) is 4. The third-order valence-electron chi connectivity index (χ3n) is 5.15. The molecule has 0 bridgehead atoms. The van der Waals surface area contributed by atoms with Gasteiger partial charge in [0.2, 0.25) is 0 Å². The third kappa shape index (κ3) is 7.79. The minimum absolute atomic E-state index is 0. The van der Waals surface area contributed by atoms with Crippen molar-refractivity contribution in [1.82, 2.24) is 15.5 Å². The lowest BCUT2D eigenvalue weighted by atomic mass is 10.2. The monoisotopic (exact) mass is 513 g/mol. The molecule has 1 saturated heterocycles. The van der Waals surface area contributed by atoms with Gasteiger partial charge in [0.05, 0.1) is 12.7 Å². The molecule has 1 unspecified atom stereocenters. The number of anilines is 1. The first-order chi connectivity index (χ1) is 13.6. The quantitative estimate of drug-likeness (QED) is 0.254. The summed E-state index contributed by atoms with van der Waals surface area (Å²) in [6.45, 7) is 12.0. The summed E-state index contributed by atoms with van der Waals surface area (Å²) < 4.78 is 5.91. The molecule has 1 aromatic carbocycles. The van der Waals surface area contributed by atoms with E-state index in [1.807, 2.05) is 7.05 Å². The van der Waals surface area contributed by atoms with Crippen LogP contribution in [0.1, 0.15) is 19.4 Å². The minimum atomic E-state index is 0. The Morgan fingerprint density at radius 1 is 1.17 bits per heavy atom. The fourth-order valence-corrected chi connectivity index (χ4v) is 3.72. The van der Waals surface area contributed by atoms with Gasteiger partial charge in [0, 0.05) is 58.5 Å². The van der Waals surface area contributed by atoms with Crippen LogP contribution in [0.5, 0.6) is 0 Å². The number of ether oxygens (including phenoxy) is 1. The van der Waals surface area contributed by atoms with Crippen LogP contribution in [0.4, 0.5) is 5.69 Å². The van der Waals surface area contributed by atoms with Crippen molar-refractivity contribution in [1.29, 1.82) is 0 Å². The molecule has 2 heterocycles. The van der Waals surface area contributed by atoms with Crippen LogP contribution in [0, 0.1) is 5.92 Å². The largest absolute Gasteiger partial charge is 0.374 e. The van der Waals surface area contributed by atoms with E-state index >= 15 is 0 Å². The maximum absolute atomic E-state index is 5.91. The summed E-state index contributed by atoms with van der Waals surface area (Å²) in [5.41, 5.74) is 2.52. The van der Waals surface area contributed by atoms with Gasteiger partial charge >= 0.3 is 0 Å². The molecule has 3 rings (SSSR count). The van der Waals surface area contributed by atoms with Crippen LogP contribution in [0.25, 0.3) is 0 Å². The molecule has 29 heavy (non-hydrogen) atoms. The van der Waals surface area contributed by atoms with Gasteiger partial charge in [0.25, 0.3) is 0 Å². The molecule has 162 valence electrons. The van der Waals surface area contributed by atoms with Gasteiger partial charge in [-0.25, -0.2) is 0 Å². The average molecular weight is 513 g/mol. The first-order valence-corrected chi connectivity index (χ1v) is 10.4. The predicted octanol–water partition coefficient (Wildman–Crippen LogP) is 2.70. The normalized spacial score (nSPS) is 20.1. The number of nitrogens with zero attached hydrogens (tertiary/aromatic N) is 3. The number of rotatable bonds is 7. The van der Waals surface area contributed by atoms with E-state index in [4.69, 9.17) is 4.74 Å². The zero-order chi connectivity index (χ0) is 19.8. The molecule has 0 aromatic heterocycles. The smallest absolute Gasteiger partial charge is 0.191 e. The lowest BCUT2D eigenvalue weighted by Crippen LogP contribution is -2.50. The van der Waals surface area contributed by atoms with Gasteiger partial charge in [-0.2, -0.15) is 0 Å². The Labute approximate surface area is 192 Å². The number of halogens is 1. The van der Waals surface area contributed by atoms with E-state index in [0.717, 1.165) is 58.4 Å². The average Bonchev–Trinajstić information content (AvgIpc) is 3.23. The van der Waals surface area contributed by atoms with Crippen LogP contribution >= 0.6 is 24.0 Å². The number of hydrogen-bond donors (Lipinski definition) is 2. The molecule has 1 aromatic rings. The van der Waals surface area contributed by atoms with Crippen LogP contribution < -0.4 is 15.5 Å². The molecule has 0 aliphatic carbocycles. The Kier molecular flexibility index (Phi) is 10.2. The number of morpholine rings is 1. The second kappa shape index (κ2) is 12.4. The van der Waals surface area contributed by atoms with Crippen molar-refractivity contribution in [2.45, 2.75) is 26.5 Å². The van der Waals surface area contributed by atoms with E-state index < -0.39 is 0 Å². The molecule has 2 N–H and O–H groups in total. The molecule has 2 aliphatic heterocycles. The lowest BCUT2D eigenvalue weighted by molar-refractivity contribution is -0.0284. The van der Waals surface area contributed by atoms with Gasteiger partial charge in [-0.15, -0.1) is 24.0 Å². The zero-order valence-corrected chi connectivity index (χ0v) is 20.3. The zero-order valence-electron chi connectivity index (χ0n) is 17.9. The summed E-state index contributed by atoms with van der Waals surface area (Å²) in [6, 6.07) is 8.75. The molecule has 0 amide bonds. The lowest BCUT2D eigenvalue weighted by Gasteiger charge is -2.34. The SMILES string of the molecule is CN=C(NCc1ccc(N2CC=CC2)cc1)NCC1CN(CC(C)C)CCO1.I. The molecule has 0 radical (unpaired) electrons. The maximum Gasteiger partial charge on any atom is 0.191 e. The first kappa shape index (κ1) is 24.0. The molecule has 1 atom stereocenters. The summed E-state index contributed by atoms with van der Waals surface area (Å²) >= 11 is 0. The fourth-order valence-electron chi connectivity index (χ4n) is 3.72. The summed E-state index contributed by atoms with van der Waals surface area (Å²) in [4.78, 5) is 9.19. The van der Waals surface area contributed by atoms with E-state index in [9.17, 15) is 0 Å². The highest BCUT2D eigenvalue weighted by Gasteiger charge is 2.21. The second-order valence-electron chi connectivity index (χ2n) is 8.00. The van der Waals surface area contributed by atoms with Crippen LogP contribution in [-0.2, 0) is 11.3 Å². The van der Waals surface area contributed by atoms with Crippen molar-refractivity contribution < 1.29 is 4.74 Å². The van der Waals surface area contributed by atoms with Gasteiger partial charge < -0.3 is 20.3 Å². The van der Waals surface area contributed by atoms with Crippen molar-refractivity contribution in [2.75, 3.05) is 57.8 Å². The highest BCUT2D eigenvalue weighted by Crippen LogP contribution is 2.17. The maximum atomic E-state index is 5.91. The van der Waals surface area contributed by atoms with Gasteiger partial charge in [-0.05, 0) is 23.6 Å². The van der Waals surface area contributed by atoms with Gasteiger partial charge in [0.1, 0.15) is 0 Å². The molecule has 6 nitrogen and oxygen atoms in total. The Balaban J connectivity index is 0.00000300. The van der Waals surface area contributed by atoms with E-state index in [1.165, 1.54) is 11.3 Å². The Hall–Kier alpha value is -1.32. The number of guanidine groups is 1. The number of benzene rings is 1. The van der Waals surface area contributed by atoms with E-state index in [2.05, 4.69) is 75.7 Å². The highest BCUT2D eigenvalue weighted by atomic mass is 127. The highest BCUT2D eigenvalue weighted by molar-refractivity contribution is 14.0. The summed E-state index contributed by atoms with van der Waals surface area (Å²) in [5, 5.41) is 6.81. The van der Waals surface area contributed by atoms with E-state index in [1.54, 1.807) is 0 Å². The molecular weight excluding hydrogens is 477 g/mol. The van der Waals surface area contributed by atoms with Crippen molar-refractivity contribution in [3.63, 3.8) is 0 Å². The first-order valence-electron chi connectivity index (χ1n) is 10.4. The molecule has 0 saturated carbocycles. The summed E-state index contributed by atoms with van der Waals surface area (Å²) in [6.07, 6.45) is 4.63. The van der Waals surface area contributed by atoms with Gasteiger partial charge in [-0.1, -0.05) is 38.1 Å². The van der Waals surface area contributed by atoms with Crippen LogP contribution in [0.2, 0.25) is 0 Å². The predicted molar refractivity (Wildman–Crippen MR) is 132 cm³/mol.